The number of hydrogen-bond acceptors (Lipinski definition) is 4. The van der Waals surface area contributed by atoms with Gasteiger partial charge in [-0.3, -0.25) is 9.59 Å². The molecule has 2 amide bonds. The molecule has 0 saturated heterocycles. The topological polar surface area (TPSA) is 71.5 Å². The molecule has 112 valence electrons. The number of amides is 2. The van der Waals surface area contributed by atoms with Gasteiger partial charge in [-0.1, -0.05) is 23.7 Å². The van der Waals surface area contributed by atoms with E-state index in [9.17, 15) is 18.0 Å². The molecule has 3 rings (SSSR count). The van der Waals surface area contributed by atoms with Crippen LogP contribution in [-0.2, 0) is 9.84 Å². The molecule has 2 aromatic rings. The lowest BCUT2D eigenvalue weighted by atomic mass is 10.1. The Balaban J connectivity index is 2.11. The van der Waals surface area contributed by atoms with Crippen molar-refractivity contribution in [3.8, 4) is 0 Å². The molecule has 1 aliphatic rings. The zero-order chi connectivity index (χ0) is 16.1. The second kappa shape index (κ2) is 4.93. The fourth-order valence-corrected chi connectivity index (χ4v) is 3.28. The van der Waals surface area contributed by atoms with Crippen LogP contribution >= 0.6 is 11.6 Å². The number of benzene rings is 2. The van der Waals surface area contributed by atoms with Gasteiger partial charge in [-0.2, -0.15) is 0 Å². The summed E-state index contributed by atoms with van der Waals surface area (Å²) in [7, 11) is -3.42. The van der Waals surface area contributed by atoms with Gasteiger partial charge >= 0.3 is 0 Å². The van der Waals surface area contributed by atoms with Crippen molar-refractivity contribution < 1.29 is 18.0 Å². The Hall–Kier alpha value is -2.18. The highest BCUT2D eigenvalue weighted by molar-refractivity contribution is 7.90. The summed E-state index contributed by atoms with van der Waals surface area (Å²) in [5.74, 6) is -0.954. The van der Waals surface area contributed by atoms with Gasteiger partial charge in [-0.15, -0.1) is 0 Å². The molecule has 2 aromatic carbocycles. The van der Waals surface area contributed by atoms with Crippen molar-refractivity contribution in [3.63, 3.8) is 0 Å². The summed E-state index contributed by atoms with van der Waals surface area (Å²) >= 11 is 6.08. The minimum absolute atomic E-state index is 0.0254. The molecule has 0 aromatic heterocycles. The van der Waals surface area contributed by atoms with E-state index in [1.807, 2.05) is 0 Å². The van der Waals surface area contributed by atoms with E-state index in [1.54, 1.807) is 24.3 Å². The summed E-state index contributed by atoms with van der Waals surface area (Å²) in [6.45, 7) is 0. The first-order valence-corrected chi connectivity index (χ1v) is 8.55. The lowest BCUT2D eigenvalue weighted by Crippen LogP contribution is -2.29. The first kappa shape index (κ1) is 14.7. The predicted molar refractivity (Wildman–Crippen MR) is 82.1 cm³/mol. The molecule has 0 radical (unpaired) electrons. The van der Waals surface area contributed by atoms with Crippen molar-refractivity contribution in [2.45, 2.75) is 4.90 Å². The van der Waals surface area contributed by atoms with Crippen LogP contribution in [-0.4, -0.2) is 26.5 Å². The Kier molecular flexibility index (Phi) is 3.30. The molecular weight excluding hydrogens is 326 g/mol. The van der Waals surface area contributed by atoms with Crippen LogP contribution in [0.1, 0.15) is 20.7 Å². The van der Waals surface area contributed by atoms with Gasteiger partial charge < -0.3 is 0 Å². The maximum Gasteiger partial charge on any atom is 0.266 e. The predicted octanol–water partition coefficient (Wildman–Crippen LogP) is 2.54. The van der Waals surface area contributed by atoms with Crippen LogP contribution < -0.4 is 4.90 Å². The molecule has 1 aliphatic heterocycles. The summed E-state index contributed by atoms with van der Waals surface area (Å²) in [4.78, 5) is 25.7. The Bertz CT molecular complexity index is 886. The second-order valence-corrected chi connectivity index (χ2v) is 7.30. The molecule has 0 N–H and O–H groups in total. The first-order chi connectivity index (χ1) is 10.3. The number of rotatable bonds is 2. The summed E-state index contributed by atoms with van der Waals surface area (Å²) in [5.41, 5.74) is 0.770. The van der Waals surface area contributed by atoms with E-state index in [2.05, 4.69) is 0 Å². The molecule has 0 bridgehead atoms. The zero-order valence-corrected chi connectivity index (χ0v) is 13.0. The summed E-state index contributed by atoms with van der Waals surface area (Å²) in [6, 6.07) is 10.4. The summed E-state index contributed by atoms with van der Waals surface area (Å²) in [5, 5.41) is 0.0254. The van der Waals surface area contributed by atoms with Crippen molar-refractivity contribution in [2.24, 2.45) is 0 Å². The van der Waals surface area contributed by atoms with Crippen LogP contribution in [0.5, 0.6) is 0 Å². The summed E-state index contributed by atoms with van der Waals surface area (Å²) in [6.07, 6.45) is 1.06. The van der Waals surface area contributed by atoms with Gasteiger partial charge in [0.2, 0.25) is 0 Å². The van der Waals surface area contributed by atoms with Crippen LogP contribution in [0.2, 0.25) is 5.02 Å². The highest BCUT2D eigenvalue weighted by Crippen LogP contribution is 2.34. The van der Waals surface area contributed by atoms with E-state index >= 15 is 0 Å². The van der Waals surface area contributed by atoms with Gasteiger partial charge in [-0.05, 0) is 30.3 Å². The highest BCUT2D eigenvalue weighted by Gasteiger charge is 2.37. The Labute approximate surface area is 132 Å². The smallest absolute Gasteiger partial charge is 0.266 e. The van der Waals surface area contributed by atoms with Crippen molar-refractivity contribution >= 4 is 38.9 Å². The standard InChI is InChI=1S/C15H10ClNO4S/c1-22(20,21)9-6-7-13(12(16)8-9)17-14(18)10-4-2-3-5-11(10)15(17)19/h2-8H,1H3. The third-order valence-corrected chi connectivity index (χ3v) is 4.80. The van der Waals surface area contributed by atoms with Crippen molar-refractivity contribution in [1.82, 2.24) is 0 Å². The maximum atomic E-state index is 12.4. The maximum absolute atomic E-state index is 12.4. The number of halogens is 1. The Morgan fingerprint density at radius 3 is 1.95 bits per heavy atom. The molecule has 0 aliphatic carbocycles. The van der Waals surface area contributed by atoms with Gasteiger partial charge in [0.15, 0.2) is 9.84 Å². The van der Waals surface area contributed by atoms with E-state index in [1.165, 1.54) is 18.2 Å². The molecule has 0 atom stereocenters. The Morgan fingerprint density at radius 1 is 0.955 bits per heavy atom. The molecule has 1 heterocycles. The Morgan fingerprint density at radius 2 is 1.50 bits per heavy atom. The molecule has 0 saturated carbocycles. The van der Waals surface area contributed by atoms with Gasteiger partial charge in [0, 0.05) is 6.26 Å². The second-order valence-electron chi connectivity index (χ2n) is 4.88. The number of carbonyl (C=O) groups is 2. The number of carbonyl (C=O) groups excluding carboxylic acids is 2. The van der Waals surface area contributed by atoms with Gasteiger partial charge in [0.25, 0.3) is 11.8 Å². The fourth-order valence-electron chi connectivity index (χ4n) is 2.31. The van der Waals surface area contributed by atoms with E-state index in [0.29, 0.717) is 11.1 Å². The average molecular weight is 336 g/mol. The first-order valence-electron chi connectivity index (χ1n) is 6.28. The van der Waals surface area contributed by atoms with Crippen LogP contribution in [0, 0.1) is 0 Å². The zero-order valence-electron chi connectivity index (χ0n) is 11.4. The number of sulfone groups is 1. The van der Waals surface area contributed by atoms with Crippen LogP contribution in [0.3, 0.4) is 0 Å². The van der Waals surface area contributed by atoms with Crippen molar-refractivity contribution in [3.05, 3.63) is 58.6 Å². The molecule has 0 unspecified atom stereocenters. The number of nitrogens with zero attached hydrogens (tertiary/aromatic N) is 1. The van der Waals surface area contributed by atoms with Crippen molar-refractivity contribution in [2.75, 3.05) is 11.2 Å². The third-order valence-electron chi connectivity index (χ3n) is 3.38. The SMILES string of the molecule is CS(=O)(=O)c1ccc(N2C(=O)c3ccccc3C2=O)c(Cl)c1. The number of imide groups is 1. The molecule has 5 nitrogen and oxygen atoms in total. The van der Waals surface area contributed by atoms with Crippen LogP contribution in [0.15, 0.2) is 47.4 Å². The van der Waals surface area contributed by atoms with Crippen LogP contribution in [0.4, 0.5) is 5.69 Å². The number of fused-ring (bicyclic) bond motifs is 1. The largest absolute Gasteiger partial charge is 0.268 e. The van der Waals surface area contributed by atoms with Gasteiger partial charge in [-0.25, -0.2) is 13.3 Å². The monoisotopic (exact) mass is 335 g/mol. The quantitative estimate of drug-likeness (QED) is 0.791. The lowest BCUT2D eigenvalue weighted by molar-refractivity contribution is 0.0926. The van der Waals surface area contributed by atoms with Gasteiger partial charge in [0.05, 0.1) is 26.7 Å². The fraction of sp³-hybridized carbons (Fsp3) is 0.0667. The normalized spacial score (nSPS) is 14.4. The molecule has 7 heteroatoms. The average Bonchev–Trinajstić information content (AvgIpc) is 2.71. The van der Waals surface area contributed by atoms with E-state index in [4.69, 9.17) is 11.6 Å². The highest BCUT2D eigenvalue weighted by atomic mass is 35.5. The van der Waals surface area contributed by atoms with E-state index in [-0.39, 0.29) is 15.6 Å². The van der Waals surface area contributed by atoms with E-state index in [0.717, 1.165) is 11.2 Å². The molecule has 0 spiro atoms. The number of anilines is 1. The third kappa shape index (κ3) is 2.20. The minimum Gasteiger partial charge on any atom is -0.268 e. The molecule has 0 fully saturated rings. The van der Waals surface area contributed by atoms with Crippen LogP contribution in [0.25, 0.3) is 0 Å². The van der Waals surface area contributed by atoms with Gasteiger partial charge in [0.1, 0.15) is 0 Å². The lowest BCUT2D eigenvalue weighted by Gasteiger charge is -2.16. The van der Waals surface area contributed by atoms with E-state index < -0.39 is 21.7 Å². The molecule has 22 heavy (non-hydrogen) atoms. The summed E-state index contributed by atoms with van der Waals surface area (Å²) < 4.78 is 23.0. The van der Waals surface area contributed by atoms with Crippen molar-refractivity contribution in [1.29, 1.82) is 0 Å². The molecular formula is C15H10ClNO4S. The minimum atomic E-state index is -3.42. The number of hydrogen-bond donors (Lipinski definition) is 0.